The zero-order valence-corrected chi connectivity index (χ0v) is 14.1. The van der Waals surface area contributed by atoms with Crippen molar-refractivity contribution in [1.29, 1.82) is 0 Å². The molecular weight excluding hydrogens is 324 g/mol. The highest BCUT2D eigenvalue weighted by molar-refractivity contribution is 5.36. The number of halogens is 2. The summed E-state index contributed by atoms with van der Waals surface area (Å²) in [5, 5.41) is 11.4. The molecule has 1 aliphatic rings. The lowest BCUT2D eigenvalue weighted by atomic mass is 9.82. The summed E-state index contributed by atoms with van der Waals surface area (Å²) in [4.78, 5) is 2.30. The maximum absolute atomic E-state index is 13.3. The Morgan fingerprint density at radius 1 is 0.880 bits per heavy atom. The minimum Gasteiger partial charge on any atom is -0.380 e. The summed E-state index contributed by atoms with van der Waals surface area (Å²) < 4.78 is 31.9. The number of benzene rings is 2. The van der Waals surface area contributed by atoms with Crippen molar-refractivity contribution in [2.45, 2.75) is 18.4 Å². The SMILES string of the molecule is OC(CCCN1CCOCC1)(c1ccc(F)cc1)c1ccc(F)cc1. The van der Waals surface area contributed by atoms with Crippen molar-refractivity contribution < 1.29 is 18.6 Å². The van der Waals surface area contributed by atoms with E-state index in [1.807, 2.05) is 0 Å². The zero-order valence-electron chi connectivity index (χ0n) is 14.1. The molecule has 1 N–H and O–H groups in total. The van der Waals surface area contributed by atoms with Crippen LogP contribution in [0.25, 0.3) is 0 Å². The van der Waals surface area contributed by atoms with Gasteiger partial charge in [-0.2, -0.15) is 0 Å². The Labute approximate surface area is 146 Å². The van der Waals surface area contributed by atoms with Crippen LogP contribution in [0.1, 0.15) is 24.0 Å². The third-order valence-corrected chi connectivity index (χ3v) is 4.76. The van der Waals surface area contributed by atoms with E-state index in [0.29, 0.717) is 17.5 Å². The molecule has 5 heteroatoms. The van der Waals surface area contributed by atoms with E-state index in [-0.39, 0.29) is 11.6 Å². The van der Waals surface area contributed by atoms with E-state index in [9.17, 15) is 13.9 Å². The van der Waals surface area contributed by atoms with Crippen molar-refractivity contribution in [3.63, 3.8) is 0 Å². The Morgan fingerprint density at radius 3 is 1.84 bits per heavy atom. The van der Waals surface area contributed by atoms with Gasteiger partial charge >= 0.3 is 0 Å². The van der Waals surface area contributed by atoms with Gasteiger partial charge in [0.25, 0.3) is 0 Å². The lowest BCUT2D eigenvalue weighted by Gasteiger charge is -2.32. The van der Waals surface area contributed by atoms with E-state index in [0.717, 1.165) is 39.3 Å². The molecule has 1 aliphatic heterocycles. The number of morpholine rings is 1. The average Bonchev–Trinajstić information content (AvgIpc) is 2.63. The minimum atomic E-state index is -1.27. The molecule has 1 heterocycles. The van der Waals surface area contributed by atoms with Crippen molar-refractivity contribution in [3.8, 4) is 0 Å². The fourth-order valence-corrected chi connectivity index (χ4v) is 3.29. The van der Waals surface area contributed by atoms with Gasteiger partial charge in [-0.05, 0) is 54.8 Å². The van der Waals surface area contributed by atoms with Crippen LogP contribution < -0.4 is 0 Å². The molecule has 0 bridgehead atoms. The molecule has 134 valence electrons. The molecule has 0 saturated carbocycles. The van der Waals surface area contributed by atoms with Gasteiger partial charge in [-0.3, -0.25) is 4.90 Å². The molecule has 1 saturated heterocycles. The van der Waals surface area contributed by atoms with Crippen LogP contribution in [-0.2, 0) is 10.3 Å². The first-order valence-electron chi connectivity index (χ1n) is 8.62. The second-order valence-corrected chi connectivity index (χ2v) is 6.43. The highest BCUT2D eigenvalue weighted by atomic mass is 19.1. The molecule has 0 spiro atoms. The minimum absolute atomic E-state index is 0.349. The summed E-state index contributed by atoms with van der Waals surface area (Å²) in [5.41, 5.74) is -0.0433. The van der Waals surface area contributed by atoms with Gasteiger partial charge in [0.05, 0.1) is 13.2 Å². The fourth-order valence-electron chi connectivity index (χ4n) is 3.29. The normalized spacial score (nSPS) is 16.1. The molecule has 3 rings (SSSR count). The van der Waals surface area contributed by atoms with Crippen LogP contribution in [0.4, 0.5) is 8.78 Å². The lowest BCUT2D eigenvalue weighted by Crippen LogP contribution is -2.37. The summed E-state index contributed by atoms with van der Waals surface area (Å²) in [6, 6.07) is 11.7. The number of hydrogen-bond donors (Lipinski definition) is 1. The zero-order chi connectivity index (χ0) is 17.7. The van der Waals surface area contributed by atoms with E-state index >= 15 is 0 Å². The van der Waals surface area contributed by atoms with Crippen LogP contribution in [0.2, 0.25) is 0 Å². The molecule has 1 fully saturated rings. The molecule has 3 nitrogen and oxygen atoms in total. The smallest absolute Gasteiger partial charge is 0.123 e. The predicted octanol–water partition coefficient (Wildman–Crippen LogP) is 3.31. The Balaban J connectivity index is 1.78. The van der Waals surface area contributed by atoms with E-state index < -0.39 is 5.60 Å². The fraction of sp³-hybridized carbons (Fsp3) is 0.400. The summed E-state index contributed by atoms with van der Waals surface area (Å²) in [7, 11) is 0. The van der Waals surface area contributed by atoms with E-state index in [2.05, 4.69) is 4.90 Å². The van der Waals surface area contributed by atoms with Crippen LogP contribution in [-0.4, -0.2) is 42.9 Å². The van der Waals surface area contributed by atoms with Gasteiger partial charge in [0.2, 0.25) is 0 Å². The van der Waals surface area contributed by atoms with E-state index in [4.69, 9.17) is 4.74 Å². The van der Waals surface area contributed by atoms with Crippen molar-refractivity contribution in [2.24, 2.45) is 0 Å². The maximum Gasteiger partial charge on any atom is 0.123 e. The first-order valence-corrected chi connectivity index (χ1v) is 8.62. The van der Waals surface area contributed by atoms with Gasteiger partial charge < -0.3 is 9.84 Å². The molecule has 2 aromatic carbocycles. The van der Waals surface area contributed by atoms with Crippen molar-refractivity contribution in [2.75, 3.05) is 32.8 Å². The summed E-state index contributed by atoms with van der Waals surface area (Å²) in [5.74, 6) is -0.697. The molecule has 0 unspecified atom stereocenters. The van der Waals surface area contributed by atoms with Crippen LogP contribution in [0, 0.1) is 11.6 Å². The summed E-state index contributed by atoms with van der Waals surface area (Å²) in [6.07, 6.45) is 1.24. The van der Waals surface area contributed by atoms with Gasteiger partial charge in [0.1, 0.15) is 17.2 Å². The molecule has 2 aromatic rings. The van der Waals surface area contributed by atoms with Crippen LogP contribution >= 0.6 is 0 Å². The van der Waals surface area contributed by atoms with Crippen LogP contribution in [0.15, 0.2) is 48.5 Å². The molecule has 0 amide bonds. The number of ether oxygens (including phenoxy) is 1. The Kier molecular flexibility index (Phi) is 5.78. The average molecular weight is 347 g/mol. The van der Waals surface area contributed by atoms with E-state index in [1.54, 1.807) is 24.3 Å². The van der Waals surface area contributed by atoms with Crippen molar-refractivity contribution in [3.05, 3.63) is 71.3 Å². The third-order valence-electron chi connectivity index (χ3n) is 4.76. The standard InChI is InChI=1S/C20H23F2NO2/c21-18-6-2-16(3-7-18)20(24,17-4-8-19(22)9-5-17)10-1-11-23-12-14-25-15-13-23/h2-9,24H,1,10-15H2. The topological polar surface area (TPSA) is 32.7 Å². The lowest BCUT2D eigenvalue weighted by molar-refractivity contribution is 0.0287. The number of rotatable bonds is 6. The molecule has 25 heavy (non-hydrogen) atoms. The molecule has 0 atom stereocenters. The highest BCUT2D eigenvalue weighted by Gasteiger charge is 2.31. The maximum atomic E-state index is 13.3. The Morgan fingerprint density at radius 2 is 1.36 bits per heavy atom. The molecular formula is C20H23F2NO2. The number of nitrogens with zero attached hydrogens (tertiary/aromatic N) is 1. The van der Waals surface area contributed by atoms with Gasteiger partial charge in [-0.1, -0.05) is 24.3 Å². The van der Waals surface area contributed by atoms with Gasteiger partial charge in [0.15, 0.2) is 0 Å². The monoisotopic (exact) mass is 347 g/mol. The van der Waals surface area contributed by atoms with Gasteiger partial charge in [0, 0.05) is 13.1 Å². The van der Waals surface area contributed by atoms with Crippen LogP contribution in [0.3, 0.4) is 0 Å². The first-order chi connectivity index (χ1) is 12.1. The second-order valence-electron chi connectivity index (χ2n) is 6.43. The largest absolute Gasteiger partial charge is 0.380 e. The van der Waals surface area contributed by atoms with Crippen LogP contribution in [0.5, 0.6) is 0 Å². The number of hydrogen-bond acceptors (Lipinski definition) is 3. The Hall–Kier alpha value is -1.82. The van der Waals surface area contributed by atoms with Gasteiger partial charge in [-0.25, -0.2) is 8.78 Å². The number of aliphatic hydroxyl groups is 1. The predicted molar refractivity (Wildman–Crippen MR) is 92.3 cm³/mol. The Bertz CT molecular complexity index is 622. The molecule has 0 radical (unpaired) electrons. The van der Waals surface area contributed by atoms with Crippen molar-refractivity contribution in [1.82, 2.24) is 4.90 Å². The first kappa shape index (κ1) is 18.0. The molecule has 0 aliphatic carbocycles. The molecule has 0 aromatic heterocycles. The third kappa shape index (κ3) is 4.42. The summed E-state index contributed by atoms with van der Waals surface area (Å²) >= 11 is 0. The van der Waals surface area contributed by atoms with Gasteiger partial charge in [-0.15, -0.1) is 0 Å². The van der Waals surface area contributed by atoms with Crippen molar-refractivity contribution >= 4 is 0 Å². The summed E-state index contributed by atoms with van der Waals surface area (Å²) in [6.45, 7) is 4.12. The quantitative estimate of drug-likeness (QED) is 0.870. The highest BCUT2D eigenvalue weighted by Crippen LogP contribution is 2.34. The van der Waals surface area contributed by atoms with E-state index in [1.165, 1.54) is 24.3 Å². The second kappa shape index (κ2) is 8.04.